The van der Waals surface area contributed by atoms with Crippen molar-refractivity contribution >= 4 is 16.0 Å². The van der Waals surface area contributed by atoms with Crippen molar-refractivity contribution in [2.45, 2.75) is 206 Å². The number of unbranched alkanes of at least 4 members (excludes halogenated alkanes) is 22. The van der Waals surface area contributed by atoms with Gasteiger partial charge in [-0.25, -0.2) is 0 Å². The standard InChI is InChI=1S/C38H73NO5S/c1-3-5-7-9-11-13-15-17-18-19-20-22-24-26-28-30-32-34-38(41)39-36(35-45(42,43)44)37(40)33-31-29-27-25-23-21-16-14-12-10-8-6-4-2/h11,13,17-18,36-37,40H,3-10,12,14-16,19-35H2,1-2H3,(H,39,41)(H,42,43,44)/b13-11-,18-17-. The highest BCUT2D eigenvalue weighted by Crippen LogP contribution is 2.15. The number of hydrogen-bond donors (Lipinski definition) is 3. The first-order valence-electron chi connectivity index (χ1n) is 19.0. The number of rotatable bonds is 34. The first kappa shape index (κ1) is 43.8. The Balaban J connectivity index is 3.91. The average molecular weight is 656 g/mol. The minimum atomic E-state index is -4.31. The quantitative estimate of drug-likeness (QED) is 0.0363. The van der Waals surface area contributed by atoms with E-state index in [1.807, 2.05) is 0 Å². The van der Waals surface area contributed by atoms with E-state index in [1.165, 1.54) is 109 Å². The maximum absolute atomic E-state index is 12.5. The van der Waals surface area contributed by atoms with Crippen molar-refractivity contribution in [3.05, 3.63) is 24.3 Å². The summed E-state index contributed by atoms with van der Waals surface area (Å²) in [6, 6.07) is -0.972. The van der Waals surface area contributed by atoms with Gasteiger partial charge in [-0.1, -0.05) is 167 Å². The molecule has 45 heavy (non-hydrogen) atoms. The Kier molecular flexibility index (Phi) is 31.9. The van der Waals surface area contributed by atoms with E-state index in [1.54, 1.807) is 0 Å². The summed E-state index contributed by atoms with van der Waals surface area (Å²) < 4.78 is 32.4. The molecule has 7 heteroatoms. The fourth-order valence-electron chi connectivity index (χ4n) is 5.78. The number of aliphatic hydroxyl groups is 1. The molecule has 0 saturated heterocycles. The van der Waals surface area contributed by atoms with E-state index in [0.717, 1.165) is 57.8 Å². The highest BCUT2D eigenvalue weighted by molar-refractivity contribution is 7.85. The lowest BCUT2D eigenvalue weighted by molar-refractivity contribution is -0.122. The van der Waals surface area contributed by atoms with Crippen LogP contribution in [0.5, 0.6) is 0 Å². The van der Waals surface area contributed by atoms with Crippen molar-refractivity contribution in [3.8, 4) is 0 Å². The first-order chi connectivity index (χ1) is 21.8. The highest BCUT2D eigenvalue weighted by Gasteiger charge is 2.26. The van der Waals surface area contributed by atoms with Crippen LogP contribution in [0.4, 0.5) is 0 Å². The SMILES string of the molecule is CCCCC/C=C\C/C=C\CCCCCCCCCC(=O)NC(CS(=O)(=O)O)C(O)CCCCCCCCCCCCCCC. The predicted molar refractivity (Wildman–Crippen MR) is 193 cm³/mol. The van der Waals surface area contributed by atoms with Crippen LogP contribution >= 0.6 is 0 Å². The highest BCUT2D eigenvalue weighted by atomic mass is 32.2. The molecule has 0 saturated carbocycles. The molecule has 0 aromatic heterocycles. The van der Waals surface area contributed by atoms with Crippen LogP contribution in [0.15, 0.2) is 24.3 Å². The zero-order valence-electron chi connectivity index (χ0n) is 29.5. The van der Waals surface area contributed by atoms with Gasteiger partial charge < -0.3 is 10.4 Å². The summed E-state index contributed by atoms with van der Waals surface area (Å²) in [5.74, 6) is -0.904. The molecule has 0 aliphatic carbocycles. The number of allylic oxidation sites excluding steroid dienone is 4. The molecule has 0 spiro atoms. The third kappa shape index (κ3) is 34.0. The van der Waals surface area contributed by atoms with Crippen molar-refractivity contribution in [2.24, 2.45) is 0 Å². The Labute approximate surface area is 279 Å². The van der Waals surface area contributed by atoms with Crippen LogP contribution in [-0.4, -0.2) is 41.9 Å². The first-order valence-corrected chi connectivity index (χ1v) is 20.6. The van der Waals surface area contributed by atoms with Crippen LogP contribution in [-0.2, 0) is 14.9 Å². The smallest absolute Gasteiger partial charge is 0.266 e. The molecular weight excluding hydrogens is 582 g/mol. The third-order valence-corrected chi connectivity index (χ3v) is 9.44. The van der Waals surface area contributed by atoms with Crippen LogP contribution in [0.3, 0.4) is 0 Å². The molecule has 0 bridgehead atoms. The fraction of sp³-hybridized carbons (Fsp3) is 0.868. The summed E-state index contributed by atoms with van der Waals surface area (Å²) in [7, 11) is -4.31. The molecule has 0 rings (SSSR count). The van der Waals surface area contributed by atoms with Gasteiger partial charge in [0.1, 0.15) is 0 Å². The lowest BCUT2D eigenvalue weighted by atomic mass is 10.0. The predicted octanol–water partition coefficient (Wildman–Crippen LogP) is 10.8. The number of amides is 1. The van der Waals surface area contributed by atoms with Crippen LogP contribution in [0.25, 0.3) is 0 Å². The van der Waals surface area contributed by atoms with Crippen molar-refractivity contribution in [1.82, 2.24) is 5.32 Å². The zero-order chi connectivity index (χ0) is 33.3. The third-order valence-electron chi connectivity index (χ3n) is 8.66. The van der Waals surface area contributed by atoms with Crippen molar-refractivity contribution in [1.29, 1.82) is 0 Å². The summed E-state index contributed by atoms with van der Waals surface area (Å²) in [5.41, 5.74) is 0. The number of aliphatic hydroxyl groups excluding tert-OH is 1. The second kappa shape index (κ2) is 32.7. The molecule has 266 valence electrons. The van der Waals surface area contributed by atoms with Crippen LogP contribution < -0.4 is 5.32 Å². The minimum Gasteiger partial charge on any atom is -0.391 e. The molecule has 0 aromatic carbocycles. The number of carbonyl (C=O) groups excluding carboxylic acids is 1. The van der Waals surface area contributed by atoms with Gasteiger partial charge in [0.25, 0.3) is 10.1 Å². The van der Waals surface area contributed by atoms with Gasteiger partial charge in [-0.2, -0.15) is 8.42 Å². The van der Waals surface area contributed by atoms with E-state index in [9.17, 15) is 22.9 Å². The molecule has 2 atom stereocenters. The summed E-state index contributed by atoms with van der Waals surface area (Å²) >= 11 is 0. The lowest BCUT2D eigenvalue weighted by Crippen LogP contribution is -2.47. The molecule has 2 unspecified atom stereocenters. The van der Waals surface area contributed by atoms with Gasteiger partial charge in [-0.05, 0) is 44.9 Å². The summed E-state index contributed by atoms with van der Waals surface area (Å²) in [5, 5.41) is 13.3. The van der Waals surface area contributed by atoms with E-state index in [-0.39, 0.29) is 5.91 Å². The molecule has 0 fully saturated rings. The molecule has 0 radical (unpaired) electrons. The van der Waals surface area contributed by atoms with Crippen LogP contribution in [0, 0.1) is 0 Å². The normalized spacial score (nSPS) is 13.6. The molecular formula is C38H73NO5S. The van der Waals surface area contributed by atoms with E-state index in [2.05, 4.69) is 43.5 Å². The van der Waals surface area contributed by atoms with Gasteiger partial charge in [0.05, 0.1) is 17.9 Å². The Morgan fingerprint density at radius 2 is 1.00 bits per heavy atom. The fourth-order valence-corrected chi connectivity index (χ4v) is 6.54. The van der Waals surface area contributed by atoms with Gasteiger partial charge in [-0.15, -0.1) is 0 Å². The van der Waals surface area contributed by atoms with Crippen molar-refractivity contribution in [3.63, 3.8) is 0 Å². The van der Waals surface area contributed by atoms with Crippen LogP contribution in [0.2, 0.25) is 0 Å². The molecule has 1 amide bonds. The number of nitrogens with one attached hydrogen (secondary N) is 1. The van der Waals surface area contributed by atoms with Gasteiger partial charge in [0.2, 0.25) is 5.91 Å². The largest absolute Gasteiger partial charge is 0.391 e. The Bertz CT molecular complexity index is 811. The monoisotopic (exact) mass is 656 g/mol. The Morgan fingerprint density at radius 3 is 1.49 bits per heavy atom. The lowest BCUT2D eigenvalue weighted by Gasteiger charge is -2.23. The molecule has 3 N–H and O–H groups in total. The van der Waals surface area contributed by atoms with Crippen molar-refractivity contribution in [2.75, 3.05) is 5.75 Å². The minimum absolute atomic E-state index is 0.254. The summed E-state index contributed by atoms with van der Waals surface area (Å²) in [6.07, 6.45) is 39.7. The van der Waals surface area contributed by atoms with Crippen LogP contribution in [0.1, 0.15) is 194 Å². The van der Waals surface area contributed by atoms with E-state index >= 15 is 0 Å². The van der Waals surface area contributed by atoms with Crippen molar-refractivity contribution < 1.29 is 22.9 Å². The van der Waals surface area contributed by atoms with Gasteiger partial charge in [0, 0.05) is 6.42 Å². The second-order valence-corrected chi connectivity index (χ2v) is 14.7. The number of hydrogen-bond acceptors (Lipinski definition) is 4. The Morgan fingerprint density at radius 1 is 0.600 bits per heavy atom. The molecule has 0 aliphatic rings. The van der Waals surface area contributed by atoms with Gasteiger partial charge in [0.15, 0.2) is 0 Å². The maximum atomic E-state index is 12.5. The summed E-state index contributed by atoms with van der Waals surface area (Å²) in [6.45, 7) is 4.48. The zero-order valence-corrected chi connectivity index (χ0v) is 30.3. The second-order valence-electron chi connectivity index (χ2n) is 13.2. The van der Waals surface area contributed by atoms with E-state index < -0.39 is 28.0 Å². The average Bonchev–Trinajstić information content (AvgIpc) is 3.00. The summed E-state index contributed by atoms with van der Waals surface area (Å²) in [4.78, 5) is 12.5. The number of carbonyl (C=O) groups is 1. The molecule has 0 heterocycles. The topological polar surface area (TPSA) is 104 Å². The molecule has 0 aliphatic heterocycles. The maximum Gasteiger partial charge on any atom is 0.266 e. The Hall–Kier alpha value is -1.18. The molecule has 6 nitrogen and oxygen atoms in total. The van der Waals surface area contributed by atoms with Gasteiger partial charge in [-0.3, -0.25) is 9.35 Å². The molecule has 0 aromatic rings. The van der Waals surface area contributed by atoms with E-state index in [0.29, 0.717) is 12.8 Å². The van der Waals surface area contributed by atoms with E-state index in [4.69, 9.17) is 0 Å². The van der Waals surface area contributed by atoms with Gasteiger partial charge >= 0.3 is 0 Å².